The predicted molar refractivity (Wildman–Crippen MR) is 75.3 cm³/mol. The Labute approximate surface area is 108 Å². The highest BCUT2D eigenvalue weighted by Crippen LogP contribution is 2.23. The first-order chi connectivity index (χ1) is 8.56. The summed E-state index contributed by atoms with van der Waals surface area (Å²) in [4.78, 5) is 8.56. The maximum atomic E-state index is 4.34. The van der Waals surface area contributed by atoms with Crippen molar-refractivity contribution in [3.63, 3.8) is 0 Å². The maximum absolute atomic E-state index is 4.34. The number of hydrogen-bond acceptors (Lipinski definition) is 3. The first-order valence-electron chi connectivity index (χ1n) is 6.23. The molecule has 0 bridgehead atoms. The van der Waals surface area contributed by atoms with Gasteiger partial charge in [0.05, 0.1) is 0 Å². The van der Waals surface area contributed by atoms with Gasteiger partial charge in [0.15, 0.2) is 0 Å². The number of nitrogens with zero attached hydrogens (tertiary/aromatic N) is 2. The summed E-state index contributed by atoms with van der Waals surface area (Å²) in [5.41, 5.74) is 4.59. The lowest BCUT2D eigenvalue weighted by Crippen LogP contribution is -2.00. The molecule has 18 heavy (non-hydrogen) atoms. The number of aromatic nitrogens is 2. The van der Waals surface area contributed by atoms with E-state index in [1.165, 1.54) is 11.1 Å². The number of nitrogens with one attached hydrogen (secondary N) is 1. The number of rotatable bonds is 3. The molecule has 0 radical (unpaired) electrons. The predicted octanol–water partition coefficient (Wildman–Crippen LogP) is 3.96. The molecule has 3 heteroatoms. The highest BCUT2D eigenvalue weighted by molar-refractivity contribution is 5.59. The summed E-state index contributed by atoms with van der Waals surface area (Å²) in [5.74, 6) is 1.20. The molecule has 1 aromatic carbocycles. The van der Waals surface area contributed by atoms with Gasteiger partial charge in [0.25, 0.3) is 0 Å². The second-order valence-electron chi connectivity index (χ2n) is 4.88. The molecule has 1 N–H and O–H groups in total. The number of benzene rings is 1. The Balaban J connectivity index is 2.24. The van der Waals surface area contributed by atoms with E-state index in [0.717, 1.165) is 11.4 Å². The van der Waals surface area contributed by atoms with Crippen molar-refractivity contribution < 1.29 is 0 Å². The Kier molecular flexibility index (Phi) is 3.60. The van der Waals surface area contributed by atoms with E-state index in [-0.39, 0.29) is 0 Å². The second-order valence-corrected chi connectivity index (χ2v) is 4.88. The third kappa shape index (κ3) is 2.86. The molecule has 2 aromatic rings. The van der Waals surface area contributed by atoms with Crippen molar-refractivity contribution >= 4 is 11.6 Å². The zero-order chi connectivity index (χ0) is 13.1. The van der Waals surface area contributed by atoms with E-state index in [4.69, 9.17) is 0 Å². The van der Waals surface area contributed by atoms with Gasteiger partial charge >= 0.3 is 0 Å². The van der Waals surface area contributed by atoms with Gasteiger partial charge < -0.3 is 5.32 Å². The summed E-state index contributed by atoms with van der Waals surface area (Å²) in [6.07, 6.45) is 1.77. The number of anilines is 2. The Morgan fingerprint density at radius 2 is 1.89 bits per heavy atom. The minimum atomic E-state index is 0.549. The van der Waals surface area contributed by atoms with Crippen LogP contribution in [0.4, 0.5) is 11.6 Å². The fourth-order valence-corrected chi connectivity index (χ4v) is 1.82. The lowest BCUT2D eigenvalue weighted by atomic mass is 10.0. The monoisotopic (exact) mass is 241 g/mol. The third-order valence-electron chi connectivity index (χ3n) is 2.96. The summed E-state index contributed by atoms with van der Waals surface area (Å²) >= 11 is 0. The average molecular weight is 241 g/mol. The zero-order valence-corrected chi connectivity index (χ0v) is 11.4. The van der Waals surface area contributed by atoms with Crippen LogP contribution in [-0.4, -0.2) is 9.97 Å². The molecular weight excluding hydrogens is 222 g/mol. The van der Waals surface area contributed by atoms with Gasteiger partial charge in [0.2, 0.25) is 5.95 Å². The van der Waals surface area contributed by atoms with Gasteiger partial charge in [-0.25, -0.2) is 9.97 Å². The first kappa shape index (κ1) is 12.6. The van der Waals surface area contributed by atoms with Gasteiger partial charge in [-0.3, -0.25) is 0 Å². The molecule has 0 atom stereocenters. The summed E-state index contributed by atoms with van der Waals surface area (Å²) in [6, 6.07) is 8.34. The van der Waals surface area contributed by atoms with E-state index in [9.17, 15) is 0 Å². The van der Waals surface area contributed by atoms with Gasteiger partial charge in [-0.05, 0) is 43.0 Å². The van der Waals surface area contributed by atoms with Crippen molar-refractivity contribution in [3.05, 3.63) is 47.3 Å². The van der Waals surface area contributed by atoms with Gasteiger partial charge in [-0.1, -0.05) is 26.0 Å². The Hall–Kier alpha value is -1.90. The van der Waals surface area contributed by atoms with Crippen LogP contribution in [0.15, 0.2) is 30.5 Å². The van der Waals surface area contributed by atoms with Crippen molar-refractivity contribution in [2.24, 2.45) is 0 Å². The van der Waals surface area contributed by atoms with Crippen molar-refractivity contribution in [1.82, 2.24) is 9.97 Å². The fourth-order valence-electron chi connectivity index (χ4n) is 1.82. The van der Waals surface area contributed by atoms with Crippen molar-refractivity contribution in [2.45, 2.75) is 33.6 Å². The van der Waals surface area contributed by atoms with Gasteiger partial charge in [-0.15, -0.1) is 0 Å². The topological polar surface area (TPSA) is 37.8 Å². The molecule has 2 rings (SSSR count). The minimum absolute atomic E-state index is 0.549. The Morgan fingerprint density at radius 3 is 2.50 bits per heavy atom. The van der Waals surface area contributed by atoms with E-state index in [1.54, 1.807) is 6.20 Å². The standard InChI is InChI=1S/C15H19N3/c1-10(2)13-5-6-14(11(3)9-13)18-15-16-8-7-12(4)17-15/h5-10H,1-4H3,(H,16,17,18). The van der Waals surface area contributed by atoms with Crippen LogP contribution in [-0.2, 0) is 0 Å². The molecule has 0 aliphatic heterocycles. The molecule has 0 fully saturated rings. The molecule has 0 unspecified atom stereocenters. The highest BCUT2D eigenvalue weighted by Gasteiger charge is 2.04. The van der Waals surface area contributed by atoms with Crippen molar-refractivity contribution in [1.29, 1.82) is 0 Å². The van der Waals surface area contributed by atoms with E-state index in [2.05, 4.69) is 54.3 Å². The molecule has 0 saturated heterocycles. The molecular formula is C15H19N3. The van der Waals surface area contributed by atoms with Gasteiger partial charge in [0, 0.05) is 17.6 Å². The summed E-state index contributed by atoms with van der Waals surface area (Å²) < 4.78 is 0. The molecule has 94 valence electrons. The van der Waals surface area contributed by atoms with Gasteiger partial charge in [0.1, 0.15) is 0 Å². The Morgan fingerprint density at radius 1 is 1.11 bits per heavy atom. The normalized spacial score (nSPS) is 10.7. The molecule has 0 aliphatic rings. The van der Waals surface area contributed by atoms with Crippen LogP contribution in [0.2, 0.25) is 0 Å². The van der Waals surface area contributed by atoms with Crippen LogP contribution in [0.5, 0.6) is 0 Å². The first-order valence-corrected chi connectivity index (χ1v) is 6.23. The SMILES string of the molecule is Cc1ccnc(Nc2ccc(C(C)C)cc2C)n1. The number of aryl methyl sites for hydroxylation is 2. The van der Waals surface area contributed by atoms with Crippen LogP contribution in [0.25, 0.3) is 0 Å². The number of hydrogen-bond donors (Lipinski definition) is 1. The molecule has 0 aliphatic carbocycles. The summed E-state index contributed by atoms with van der Waals surface area (Å²) in [7, 11) is 0. The quantitative estimate of drug-likeness (QED) is 0.883. The molecule has 1 aromatic heterocycles. The smallest absolute Gasteiger partial charge is 0.227 e. The van der Waals surface area contributed by atoms with Crippen molar-refractivity contribution in [2.75, 3.05) is 5.32 Å². The maximum Gasteiger partial charge on any atom is 0.227 e. The fraction of sp³-hybridized carbons (Fsp3) is 0.333. The van der Waals surface area contributed by atoms with Crippen LogP contribution in [0.1, 0.15) is 36.6 Å². The third-order valence-corrected chi connectivity index (χ3v) is 2.96. The molecule has 1 heterocycles. The van der Waals surface area contributed by atoms with Crippen LogP contribution >= 0.6 is 0 Å². The summed E-state index contributed by atoms with van der Waals surface area (Å²) in [6.45, 7) is 8.46. The van der Waals surface area contributed by atoms with E-state index >= 15 is 0 Å². The van der Waals surface area contributed by atoms with Crippen LogP contribution < -0.4 is 5.32 Å². The van der Waals surface area contributed by atoms with Crippen LogP contribution in [0.3, 0.4) is 0 Å². The lowest BCUT2D eigenvalue weighted by Gasteiger charge is -2.12. The van der Waals surface area contributed by atoms with Crippen LogP contribution in [0, 0.1) is 13.8 Å². The van der Waals surface area contributed by atoms with Crippen molar-refractivity contribution in [3.8, 4) is 0 Å². The van der Waals surface area contributed by atoms with E-state index < -0.39 is 0 Å². The average Bonchev–Trinajstić information content (AvgIpc) is 2.31. The largest absolute Gasteiger partial charge is 0.324 e. The van der Waals surface area contributed by atoms with Gasteiger partial charge in [-0.2, -0.15) is 0 Å². The lowest BCUT2D eigenvalue weighted by molar-refractivity contribution is 0.865. The molecule has 3 nitrogen and oxygen atoms in total. The van der Waals surface area contributed by atoms with E-state index in [0.29, 0.717) is 11.9 Å². The van der Waals surface area contributed by atoms with E-state index in [1.807, 2.05) is 13.0 Å². The zero-order valence-electron chi connectivity index (χ0n) is 11.4. The Bertz CT molecular complexity index is 547. The highest BCUT2D eigenvalue weighted by atomic mass is 15.1. The summed E-state index contributed by atoms with van der Waals surface area (Å²) in [5, 5.41) is 3.26. The molecule has 0 saturated carbocycles. The second kappa shape index (κ2) is 5.17. The molecule has 0 amide bonds. The molecule has 0 spiro atoms. The minimum Gasteiger partial charge on any atom is -0.324 e.